The molecular formula is C8H19NO2. The smallest absolute Gasteiger partial charge is 0.0614 e. The zero-order chi connectivity index (χ0) is 8.69. The molecule has 0 rings (SSSR count). The number of hydrogen-bond donors (Lipinski definition) is 1. The molecule has 3 nitrogen and oxygen atoms in total. The Labute approximate surface area is 68.9 Å². The van der Waals surface area contributed by atoms with Gasteiger partial charge in [-0.15, -0.1) is 0 Å². The molecule has 0 bridgehead atoms. The normalized spacial score (nSPS) is 13.9. The van der Waals surface area contributed by atoms with Crippen LogP contribution >= 0.6 is 0 Å². The Balaban J connectivity index is 3.10. The van der Waals surface area contributed by atoms with Crippen molar-refractivity contribution in [1.29, 1.82) is 0 Å². The largest absolute Gasteiger partial charge is 0.383 e. The van der Waals surface area contributed by atoms with E-state index in [9.17, 15) is 0 Å². The quantitative estimate of drug-likeness (QED) is 0.626. The molecule has 0 aliphatic carbocycles. The van der Waals surface area contributed by atoms with Crippen LogP contribution in [0.1, 0.15) is 20.3 Å². The summed E-state index contributed by atoms with van der Waals surface area (Å²) in [6.45, 7) is 5.37. The average molecular weight is 161 g/mol. The summed E-state index contributed by atoms with van der Waals surface area (Å²) in [4.78, 5) is 0. The van der Waals surface area contributed by atoms with E-state index in [1.54, 1.807) is 7.11 Å². The van der Waals surface area contributed by atoms with Crippen molar-refractivity contribution >= 4 is 0 Å². The molecule has 2 N–H and O–H groups in total. The minimum absolute atomic E-state index is 0.110. The Morgan fingerprint density at radius 3 is 2.45 bits per heavy atom. The van der Waals surface area contributed by atoms with Crippen molar-refractivity contribution in [2.24, 2.45) is 5.73 Å². The maximum atomic E-state index is 5.67. The van der Waals surface area contributed by atoms with Crippen LogP contribution in [0.25, 0.3) is 0 Å². The molecule has 0 aromatic heterocycles. The minimum atomic E-state index is 0.110. The highest BCUT2D eigenvalue weighted by Gasteiger charge is 2.01. The van der Waals surface area contributed by atoms with Crippen LogP contribution in [0.3, 0.4) is 0 Å². The van der Waals surface area contributed by atoms with Gasteiger partial charge in [0, 0.05) is 19.8 Å². The summed E-state index contributed by atoms with van der Waals surface area (Å²) >= 11 is 0. The van der Waals surface area contributed by atoms with Gasteiger partial charge in [-0.3, -0.25) is 0 Å². The summed E-state index contributed by atoms with van der Waals surface area (Å²) < 4.78 is 10.2. The summed E-state index contributed by atoms with van der Waals surface area (Å²) in [5.74, 6) is 0. The van der Waals surface area contributed by atoms with E-state index >= 15 is 0 Å². The van der Waals surface area contributed by atoms with Crippen molar-refractivity contribution in [3.05, 3.63) is 0 Å². The third-order valence-electron chi connectivity index (χ3n) is 1.32. The Kier molecular flexibility index (Phi) is 6.51. The first-order valence-electron chi connectivity index (χ1n) is 4.03. The number of ether oxygens (including phenoxy) is 2. The lowest BCUT2D eigenvalue weighted by Gasteiger charge is -2.11. The fraction of sp³-hybridized carbons (Fsp3) is 1.00. The molecule has 0 saturated heterocycles. The van der Waals surface area contributed by atoms with Gasteiger partial charge in [-0.25, -0.2) is 0 Å². The summed E-state index contributed by atoms with van der Waals surface area (Å²) in [6, 6.07) is 0.110. The molecule has 0 spiro atoms. The Morgan fingerprint density at radius 2 is 2.00 bits per heavy atom. The van der Waals surface area contributed by atoms with Crippen LogP contribution in [0.4, 0.5) is 0 Å². The first-order valence-corrected chi connectivity index (χ1v) is 4.03. The van der Waals surface area contributed by atoms with E-state index in [0.29, 0.717) is 12.7 Å². The van der Waals surface area contributed by atoms with Crippen molar-refractivity contribution in [3.63, 3.8) is 0 Å². The summed E-state index contributed by atoms with van der Waals surface area (Å²) in [6.07, 6.45) is 1.16. The second kappa shape index (κ2) is 6.58. The molecule has 11 heavy (non-hydrogen) atoms. The number of methoxy groups -OCH3 is 1. The van der Waals surface area contributed by atoms with Gasteiger partial charge in [-0.05, 0) is 20.3 Å². The van der Waals surface area contributed by atoms with Crippen LogP contribution in [0.5, 0.6) is 0 Å². The number of rotatable bonds is 6. The van der Waals surface area contributed by atoms with E-state index in [-0.39, 0.29) is 6.04 Å². The van der Waals surface area contributed by atoms with E-state index in [2.05, 4.69) is 0 Å². The highest BCUT2D eigenvalue weighted by Crippen LogP contribution is 1.93. The second-order valence-corrected chi connectivity index (χ2v) is 2.92. The molecule has 1 atom stereocenters. The monoisotopic (exact) mass is 161 g/mol. The molecule has 0 aromatic rings. The lowest BCUT2D eigenvalue weighted by Crippen LogP contribution is -2.27. The molecule has 3 heteroatoms. The van der Waals surface area contributed by atoms with Gasteiger partial charge in [0.2, 0.25) is 0 Å². The molecule has 0 radical (unpaired) electrons. The number of hydrogen-bond acceptors (Lipinski definition) is 3. The van der Waals surface area contributed by atoms with Crippen LogP contribution in [0.2, 0.25) is 0 Å². The molecule has 0 aliphatic heterocycles. The van der Waals surface area contributed by atoms with Gasteiger partial charge >= 0.3 is 0 Å². The van der Waals surface area contributed by atoms with Gasteiger partial charge in [-0.1, -0.05) is 0 Å². The highest BCUT2D eigenvalue weighted by molar-refractivity contribution is 4.58. The molecule has 0 heterocycles. The summed E-state index contributed by atoms with van der Waals surface area (Å²) in [5, 5.41) is 0. The molecular weight excluding hydrogens is 142 g/mol. The van der Waals surface area contributed by atoms with Crippen molar-refractivity contribution in [2.75, 3.05) is 20.3 Å². The zero-order valence-electron chi connectivity index (χ0n) is 7.67. The van der Waals surface area contributed by atoms with Crippen molar-refractivity contribution in [3.8, 4) is 0 Å². The zero-order valence-corrected chi connectivity index (χ0v) is 7.67. The molecule has 68 valence electrons. The first-order chi connectivity index (χ1) is 5.16. The maximum absolute atomic E-state index is 5.67. The van der Waals surface area contributed by atoms with E-state index in [1.807, 2.05) is 13.8 Å². The van der Waals surface area contributed by atoms with E-state index in [0.717, 1.165) is 13.0 Å². The molecule has 0 aromatic carbocycles. The molecule has 1 unspecified atom stereocenters. The van der Waals surface area contributed by atoms with Crippen LogP contribution in [-0.2, 0) is 9.47 Å². The van der Waals surface area contributed by atoms with Gasteiger partial charge in [0.1, 0.15) is 0 Å². The molecule has 0 amide bonds. The topological polar surface area (TPSA) is 44.5 Å². The Bertz CT molecular complexity index is 86.2. The average Bonchev–Trinajstić information content (AvgIpc) is 1.87. The van der Waals surface area contributed by atoms with E-state index < -0.39 is 0 Å². The molecule has 0 saturated carbocycles. The SMILES string of the molecule is COCC(N)CCOC(C)C. The van der Waals surface area contributed by atoms with Crippen LogP contribution < -0.4 is 5.73 Å². The Morgan fingerprint density at radius 1 is 1.36 bits per heavy atom. The fourth-order valence-corrected chi connectivity index (χ4v) is 0.753. The van der Waals surface area contributed by atoms with Crippen LogP contribution in [-0.4, -0.2) is 32.5 Å². The summed E-state index contributed by atoms with van der Waals surface area (Å²) in [7, 11) is 1.66. The minimum Gasteiger partial charge on any atom is -0.383 e. The third kappa shape index (κ3) is 7.78. The first kappa shape index (κ1) is 10.9. The highest BCUT2D eigenvalue weighted by atomic mass is 16.5. The van der Waals surface area contributed by atoms with E-state index in [4.69, 9.17) is 15.2 Å². The van der Waals surface area contributed by atoms with Gasteiger partial charge in [0.15, 0.2) is 0 Å². The second-order valence-electron chi connectivity index (χ2n) is 2.92. The predicted octanol–water partition coefficient (Wildman–Crippen LogP) is 0.775. The van der Waals surface area contributed by atoms with Gasteiger partial charge < -0.3 is 15.2 Å². The molecule has 0 aliphatic rings. The van der Waals surface area contributed by atoms with Crippen molar-refractivity contribution in [2.45, 2.75) is 32.4 Å². The van der Waals surface area contributed by atoms with Gasteiger partial charge in [0.05, 0.1) is 12.7 Å². The standard InChI is InChI=1S/C8H19NO2/c1-7(2)11-5-4-8(9)6-10-3/h7-8H,4-6,9H2,1-3H3. The van der Waals surface area contributed by atoms with Crippen LogP contribution in [0, 0.1) is 0 Å². The Hall–Kier alpha value is -0.120. The lowest BCUT2D eigenvalue weighted by atomic mass is 10.2. The fourth-order valence-electron chi connectivity index (χ4n) is 0.753. The van der Waals surface area contributed by atoms with Crippen molar-refractivity contribution in [1.82, 2.24) is 0 Å². The maximum Gasteiger partial charge on any atom is 0.0614 e. The van der Waals surface area contributed by atoms with Crippen molar-refractivity contribution < 1.29 is 9.47 Å². The van der Waals surface area contributed by atoms with Gasteiger partial charge in [-0.2, -0.15) is 0 Å². The summed E-state index contributed by atoms with van der Waals surface area (Å²) in [5.41, 5.74) is 5.67. The van der Waals surface area contributed by atoms with Crippen LogP contribution in [0.15, 0.2) is 0 Å². The number of nitrogens with two attached hydrogens (primary N) is 1. The third-order valence-corrected chi connectivity index (χ3v) is 1.32. The lowest BCUT2D eigenvalue weighted by molar-refractivity contribution is 0.0665. The molecule has 0 fully saturated rings. The predicted molar refractivity (Wildman–Crippen MR) is 45.6 cm³/mol. The van der Waals surface area contributed by atoms with E-state index in [1.165, 1.54) is 0 Å². The van der Waals surface area contributed by atoms with Gasteiger partial charge in [0.25, 0.3) is 0 Å².